The summed E-state index contributed by atoms with van der Waals surface area (Å²) < 4.78 is 17.0. The minimum Gasteiger partial charge on any atom is -0.496 e. The van der Waals surface area contributed by atoms with E-state index in [1.807, 2.05) is 18.2 Å². The molecule has 1 aromatic rings. The van der Waals surface area contributed by atoms with Crippen LogP contribution in [0.2, 0.25) is 0 Å². The lowest BCUT2D eigenvalue weighted by molar-refractivity contribution is -0.255. The number of nitrogens with two attached hydrogens (primary N) is 1. The van der Waals surface area contributed by atoms with Crippen LogP contribution in [0.15, 0.2) is 29.3 Å². The van der Waals surface area contributed by atoms with E-state index < -0.39 is 22.7 Å². The number of hydrogen-bond donors (Lipinski definition) is 1. The summed E-state index contributed by atoms with van der Waals surface area (Å²) >= 11 is 0. The molecule has 3 unspecified atom stereocenters. The number of hydrogen-bond acceptors (Lipinski definition) is 7. The first-order valence-corrected chi connectivity index (χ1v) is 8.14. The van der Waals surface area contributed by atoms with E-state index in [0.717, 1.165) is 5.56 Å². The highest BCUT2D eigenvalue weighted by Gasteiger charge is 2.94. The van der Waals surface area contributed by atoms with Gasteiger partial charge in [-0.3, -0.25) is 0 Å². The third kappa shape index (κ3) is 1.77. The van der Waals surface area contributed by atoms with Crippen molar-refractivity contribution in [2.75, 3.05) is 20.3 Å². The summed E-state index contributed by atoms with van der Waals surface area (Å²) in [5.41, 5.74) is 4.21. The van der Waals surface area contributed by atoms with Gasteiger partial charge in [0, 0.05) is 24.7 Å². The van der Waals surface area contributed by atoms with E-state index in [1.54, 1.807) is 27.0 Å². The lowest BCUT2D eigenvalue weighted by atomic mass is 9.93. The standard InChI is InChI=1S/C18H20N4O3/c1-4-24-18(25-5-2)17(11-20)14(16(17,10-19)15(21)22-18)12-8-6-7-9-13(12)23-3/h6-9,14H,4-5H2,1-3H3,(H2,21,22). The number of fused-ring (bicyclic) bond motifs is 1. The lowest BCUT2D eigenvalue weighted by Gasteiger charge is -2.31. The number of rotatable bonds is 6. The molecule has 25 heavy (non-hydrogen) atoms. The molecule has 1 saturated carbocycles. The minimum absolute atomic E-state index is 0.0642. The molecule has 2 aliphatic rings. The molecule has 7 nitrogen and oxygen atoms in total. The fourth-order valence-electron chi connectivity index (χ4n) is 4.12. The predicted octanol–water partition coefficient (Wildman–Crippen LogP) is 1.91. The van der Waals surface area contributed by atoms with Crippen LogP contribution >= 0.6 is 0 Å². The van der Waals surface area contributed by atoms with E-state index >= 15 is 0 Å². The number of para-hydroxylation sites is 1. The van der Waals surface area contributed by atoms with Crippen LogP contribution in [-0.2, 0) is 9.47 Å². The Balaban J connectivity index is 2.25. The molecule has 130 valence electrons. The molecule has 1 aromatic carbocycles. The number of ether oxygens (including phenoxy) is 3. The largest absolute Gasteiger partial charge is 0.496 e. The van der Waals surface area contributed by atoms with Crippen LogP contribution in [0, 0.1) is 33.5 Å². The van der Waals surface area contributed by atoms with Gasteiger partial charge >= 0.3 is 0 Å². The second kappa shape index (κ2) is 5.73. The quantitative estimate of drug-likeness (QED) is 0.791. The molecule has 2 N–H and O–H groups in total. The van der Waals surface area contributed by atoms with Gasteiger partial charge < -0.3 is 19.9 Å². The van der Waals surface area contributed by atoms with E-state index in [9.17, 15) is 10.5 Å². The second-order valence-electron chi connectivity index (χ2n) is 5.96. The first-order chi connectivity index (χ1) is 12.0. The second-order valence-corrected chi connectivity index (χ2v) is 5.96. The van der Waals surface area contributed by atoms with Gasteiger partial charge in [-0.1, -0.05) is 18.2 Å². The Bertz CT molecular complexity index is 803. The third-order valence-electron chi connectivity index (χ3n) is 5.06. The Morgan fingerprint density at radius 1 is 1.16 bits per heavy atom. The fraction of sp³-hybridized carbons (Fsp3) is 0.500. The van der Waals surface area contributed by atoms with Gasteiger partial charge in [-0.2, -0.15) is 10.5 Å². The van der Waals surface area contributed by atoms with Gasteiger partial charge in [-0.05, 0) is 19.9 Å². The summed E-state index contributed by atoms with van der Waals surface area (Å²) in [7, 11) is 1.55. The van der Waals surface area contributed by atoms with Gasteiger partial charge in [0.1, 0.15) is 17.0 Å². The number of nitriles is 2. The minimum atomic E-state index is -1.60. The topological polar surface area (TPSA) is 114 Å². The maximum absolute atomic E-state index is 10.1. The summed E-state index contributed by atoms with van der Waals surface area (Å²) in [5, 5.41) is 20.1. The van der Waals surface area contributed by atoms with Crippen molar-refractivity contribution in [3.63, 3.8) is 0 Å². The van der Waals surface area contributed by atoms with Crippen LogP contribution in [0.25, 0.3) is 0 Å². The summed E-state index contributed by atoms with van der Waals surface area (Å²) in [6, 6.07) is 11.8. The maximum atomic E-state index is 10.1. The molecule has 3 atom stereocenters. The molecule has 0 radical (unpaired) electrons. The highest BCUT2D eigenvalue weighted by molar-refractivity contribution is 6.00. The molecule has 1 heterocycles. The van der Waals surface area contributed by atoms with Crippen LogP contribution in [0.3, 0.4) is 0 Å². The zero-order valence-electron chi connectivity index (χ0n) is 14.4. The summed E-state index contributed by atoms with van der Waals surface area (Å²) in [6.45, 7) is 4.09. The van der Waals surface area contributed by atoms with Gasteiger partial charge in [-0.25, -0.2) is 4.99 Å². The van der Waals surface area contributed by atoms with Gasteiger partial charge in [0.05, 0.1) is 19.2 Å². The maximum Gasteiger partial charge on any atom is 0.293 e. The average molecular weight is 340 g/mol. The van der Waals surface area contributed by atoms with Crippen molar-refractivity contribution < 1.29 is 14.2 Å². The predicted molar refractivity (Wildman–Crippen MR) is 89.4 cm³/mol. The first-order valence-electron chi connectivity index (χ1n) is 8.14. The molecule has 1 aliphatic carbocycles. The van der Waals surface area contributed by atoms with Crippen molar-refractivity contribution in [3.8, 4) is 17.9 Å². The smallest absolute Gasteiger partial charge is 0.293 e. The Hall–Kier alpha value is -2.61. The monoisotopic (exact) mass is 340 g/mol. The molecular weight excluding hydrogens is 320 g/mol. The van der Waals surface area contributed by atoms with E-state index in [4.69, 9.17) is 19.9 Å². The van der Waals surface area contributed by atoms with Gasteiger partial charge in [-0.15, -0.1) is 0 Å². The van der Waals surface area contributed by atoms with Gasteiger partial charge in [0.15, 0.2) is 5.41 Å². The van der Waals surface area contributed by atoms with Crippen LogP contribution in [0.5, 0.6) is 5.75 Å². The molecule has 0 spiro atoms. The van der Waals surface area contributed by atoms with E-state index in [0.29, 0.717) is 5.75 Å². The van der Waals surface area contributed by atoms with Crippen molar-refractivity contribution in [1.29, 1.82) is 10.5 Å². The Labute approximate surface area is 146 Å². The van der Waals surface area contributed by atoms with Crippen molar-refractivity contribution in [3.05, 3.63) is 29.8 Å². The molecule has 3 rings (SSSR count). The third-order valence-corrected chi connectivity index (χ3v) is 5.06. The van der Waals surface area contributed by atoms with E-state index in [-0.39, 0.29) is 19.0 Å². The Morgan fingerprint density at radius 3 is 2.32 bits per heavy atom. The highest BCUT2D eigenvalue weighted by atomic mass is 16.7. The molecule has 0 aromatic heterocycles. The fourth-order valence-corrected chi connectivity index (χ4v) is 4.12. The number of aliphatic imine (C=N–C) groups is 1. The van der Waals surface area contributed by atoms with Gasteiger partial charge in [0.2, 0.25) is 0 Å². The molecule has 0 bridgehead atoms. The normalized spacial score (nSPS) is 31.4. The van der Waals surface area contributed by atoms with Crippen LogP contribution < -0.4 is 10.5 Å². The van der Waals surface area contributed by atoms with Crippen molar-refractivity contribution in [1.82, 2.24) is 0 Å². The van der Waals surface area contributed by atoms with Crippen molar-refractivity contribution >= 4 is 5.84 Å². The van der Waals surface area contributed by atoms with Crippen LogP contribution in [-0.4, -0.2) is 32.1 Å². The Kier molecular flexibility index (Phi) is 3.95. The first kappa shape index (κ1) is 17.2. The number of amidine groups is 1. The zero-order valence-corrected chi connectivity index (χ0v) is 14.4. The molecule has 1 fully saturated rings. The summed E-state index contributed by atoms with van der Waals surface area (Å²) in [4.78, 5) is 4.31. The Morgan fingerprint density at radius 2 is 1.80 bits per heavy atom. The van der Waals surface area contributed by atoms with Crippen LogP contribution in [0.4, 0.5) is 0 Å². The van der Waals surface area contributed by atoms with E-state index in [1.165, 1.54) is 0 Å². The molecule has 0 amide bonds. The molecular formula is C18H20N4O3. The SMILES string of the molecule is CCOC1(OCC)N=C(N)C2(C#N)C(c3ccccc3OC)C12C#N. The van der Waals surface area contributed by atoms with E-state index in [2.05, 4.69) is 17.1 Å². The number of benzene rings is 1. The average Bonchev–Trinajstić information content (AvgIpc) is 3.20. The van der Waals surface area contributed by atoms with Gasteiger partial charge in [0.25, 0.3) is 5.91 Å². The highest BCUT2D eigenvalue weighted by Crippen LogP contribution is 2.82. The number of nitrogens with zero attached hydrogens (tertiary/aromatic N) is 3. The molecule has 7 heteroatoms. The molecule has 1 aliphatic heterocycles. The number of methoxy groups -OCH3 is 1. The summed E-state index contributed by atoms with van der Waals surface area (Å²) in [6.07, 6.45) is 0. The lowest BCUT2D eigenvalue weighted by Crippen LogP contribution is -2.43. The molecule has 0 saturated heterocycles. The van der Waals surface area contributed by atoms with Crippen molar-refractivity contribution in [2.24, 2.45) is 21.6 Å². The van der Waals surface area contributed by atoms with Crippen LogP contribution in [0.1, 0.15) is 25.3 Å². The summed E-state index contributed by atoms with van der Waals surface area (Å²) in [5.74, 6) is -1.51. The van der Waals surface area contributed by atoms with Crippen molar-refractivity contribution in [2.45, 2.75) is 25.7 Å². The zero-order chi connectivity index (χ0) is 18.3.